The predicted octanol–water partition coefficient (Wildman–Crippen LogP) is 2.15. The van der Waals surface area contributed by atoms with Crippen LogP contribution in [-0.2, 0) is 17.6 Å². The number of aromatic amines is 1. The molecule has 0 radical (unpaired) electrons. The lowest BCUT2D eigenvalue weighted by Gasteiger charge is -2.10. The van der Waals surface area contributed by atoms with E-state index in [-0.39, 0.29) is 23.9 Å². The maximum atomic E-state index is 12.6. The maximum Gasteiger partial charge on any atom is 0.248 e. The molecule has 9 heteroatoms. The zero-order valence-electron chi connectivity index (χ0n) is 17.5. The molecule has 0 spiro atoms. The number of nitrogens with one attached hydrogen (secondary N) is 4. The van der Waals surface area contributed by atoms with Crippen LogP contribution in [0.15, 0.2) is 48.5 Å². The van der Waals surface area contributed by atoms with Gasteiger partial charge in [0.2, 0.25) is 11.9 Å². The summed E-state index contributed by atoms with van der Waals surface area (Å²) in [5, 5.41) is 9.78. The topological polar surface area (TPSA) is 113 Å². The Morgan fingerprint density at radius 2 is 1.68 bits per heavy atom. The van der Waals surface area contributed by atoms with Crippen molar-refractivity contribution < 1.29 is 14.3 Å². The van der Waals surface area contributed by atoms with Crippen LogP contribution in [0.1, 0.15) is 29.4 Å². The van der Waals surface area contributed by atoms with Gasteiger partial charge in [0.15, 0.2) is 0 Å². The van der Waals surface area contributed by atoms with Gasteiger partial charge in [-0.15, -0.1) is 5.10 Å². The lowest BCUT2D eigenvalue weighted by Crippen LogP contribution is -2.39. The van der Waals surface area contributed by atoms with E-state index in [1.807, 2.05) is 48.5 Å². The Morgan fingerprint density at radius 3 is 2.35 bits per heavy atom. The fraction of sp³-hybridized carbons (Fsp3) is 0.318. The minimum Gasteiger partial charge on any atom is -0.497 e. The predicted molar refractivity (Wildman–Crippen MR) is 116 cm³/mol. The highest BCUT2D eigenvalue weighted by molar-refractivity contribution is 5.93. The van der Waals surface area contributed by atoms with Crippen molar-refractivity contribution in [3.8, 4) is 11.5 Å². The lowest BCUT2D eigenvalue weighted by atomic mass is 10.0. The summed E-state index contributed by atoms with van der Waals surface area (Å²) in [5.41, 5.74) is 8.48. The van der Waals surface area contributed by atoms with Crippen molar-refractivity contribution in [2.24, 2.45) is 0 Å². The van der Waals surface area contributed by atoms with E-state index in [2.05, 4.69) is 31.3 Å². The quantitative estimate of drug-likeness (QED) is 0.440. The maximum absolute atomic E-state index is 12.6. The Hall–Kier alpha value is -3.43. The average molecular weight is 422 g/mol. The van der Waals surface area contributed by atoms with Crippen LogP contribution in [0.25, 0.3) is 0 Å². The number of hydrogen-bond donors (Lipinski definition) is 4. The molecule has 1 amide bonds. The van der Waals surface area contributed by atoms with E-state index in [4.69, 9.17) is 9.47 Å². The van der Waals surface area contributed by atoms with E-state index >= 15 is 0 Å². The molecule has 2 atom stereocenters. The van der Waals surface area contributed by atoms with Gasteiger partial charge in [-0.05, 0) is 48.2 Å². The first-order chi connectivity index (χ1) is 15.1. The molecule has 1 aliphatic heterocycles. The number of H-pyrrole nitrogens is 1. The monoisotopic (exact) mass is 422 g/mol. The number of methoxy groups -OCH3 is 2. The summed E-state index contributed by atoms with van der Waals surface area (Å²) in [4.78, 5) is 17.0. The van der Waals surface area contributed by atoms with Crippen LogP contribution in [-0.4, -0.2) is 41.3 Å². The Balaban J connectivity index is 1.27. The molecule has 0 saturated carbocycles. The summed E-state index contributed by atoms with van der Waals surface area (Å²) in [7, 11) is 3.29. The molecule has 3 aromatic rings. The summed E-state index contributed by atoms with van der Waals surface area (Å²) in [6.07, 6.45) is 2.12. The second-order valence-corrected chi connectivity index (χ2v) is 7.35. The molecule has 2 aromatic carbocycles. The number of ether oxygens (including phenoxy) is 2. The van der Waals surface area contributed by atoms with E-state index in [0.717, 1.165) is 29.3 Å². The molecule has 4 N–H and O–H groups in total. The van der Waals surface area contributed by atoms with Gasteiger partial charge in [-0.25, -0.2) is 10.9 Å². The largest absolute Gasteiger partial charge is 0.497 e. The molecule has 9 nitrogen and oxygen atoms in total. The number of amides is 1. The minimum absolute atomic E-state index is 0.0360. The highest BCUT2D eigenvalue weighted by Crippen LogP contribution is 2.24. The molecule has 1 aromatic heterocycles. The second-order valence-electron chi connectivity index (χ2n) is 7.35. The molecule has 4 rings (SSSR count). The first kappa shape index (κ1) is 20.8. The zero-order chi connectivity index (χ0) is 21.6. The number of carbonyl (C=O) groups excluding carboxylic acids is 1. The standard InChI is InChI=1S/C22H26N6O3/c1-30-16-8-3-14(4-9-16)5-12-20-23-22(28-27-20)24-21(29)19-13-18(25-26-19)15-6-10-17(31-2)11-7-15/h3-4,6-11,18-19,25-26H,5,12-13H2,1-2H3,(H2,23,24,27,28,29). The van der Waals surface area contributed by atoms with Gasteiger partial charge in [0.1, 0.15) is 23.4 Å². The van der Waals surface area contributed by atoms with E-state index in [9.17, 15) is 4.79 Å². The number of carbonyl (C=O) groups is 1. The highest BCUT2D eigenvalue weighted by Gasteiger charge is 2.30. The number of anilines is 1. The molecule has 1 aliphatic rings. The summed E-state index contributed by atoms with van der Waals surface area (Å²) in [6.45, 7) is 0. The minimum atomic E-state index is -0.381. The van der Waals surface area contributed by atoms with E-state index in [0.29, 0.717) is 12.8 Å². The van der Waals surface area contributed by atoms with Crippen molar-refractivity contribution in [1.29, 1.82) is 0 Å². The van der Waals surface area contributed by atoms with Gasteiger partial charge in [-0.3, -0.25) is 15.2 Å². The summed E-state index contributed by atoms with van der Waals surface area (Å²) in [6, 6.07) is 15.4. The number of benzene rings is 2. The lowest BCUT2D eigenvalue weighted by molar-refractivity contribution is -0.117. The van der Waals surface area contributed by atoms with Crippen LogP contribution < -0.4 is 25.6 Å². The number of nitrogens with zero attached hydrogens (tertiary/aromatic N) is 2. The number of aromatic nitrogens is 3. The number of hydrogen-bond acceptors (Lipinski definition) is 7. The van der Waals surface area contributed by atoms with E-state index < -0.39 is 0 Å². The average Bonchev–Trinajstić information content (AvgIpc) is 3.48. The highest BCUT2D eigenvalue weighted by atomic mass is 16.5. The van der Waals surface area contributed by atoms with Gasteiger partial charge >= 0.3 is 0 Å². The normalized spacial score (nSPS) is 18.0. The van der Waals surface area contributed by atoms with Crippen LogP contribution in [0.4, 0.5) is 5.95 Å². The van der Waals surface area contributed by atoms with Gasteiger partial charge in [0.05, 0.1) is 14.2 Å². The second kappa shape index (κ2) is 9.59. The molecule has 2 heterocycles. The van der Waals surface area contributed by atoms with Crippen LogP contribution in [0.3, 0.4) is 0 Å². The molecule has 1 saturated heterocycles. The van der Waals surface area contributed by atoms with Gasteiger partial charge in [-0.1, -0.05) is 24.3 Å². The smallest absolute Gasteiger partial charge is 0.248 e. The van der Waals surface area contributed by atoms with E-state index in [1.165, 1.54) is 5.56 Å². The van der Waals surface area contributed by atoms with Crippen molar-refractivity contribution in [3.63, 3.8) is 0 Å². The third kappa shape index (κ3) is 5.19. The first-order valence-electron chi connectivity index (χ1n) is 10.1. The zero-order valence-corrected chi connectivity index (χ0v) is 17.5. The molecule has 0 aliphatic carbocycles. The number of aryl methyl sites for hydroxylation is 2. The van der Waals surface area contributed by atoms with Crippen molar-refractivity contribution >= 4 is 11.9 Å². The molecular formula is C22H26N6O3. The third-order valence-corrected chi connectivity index (χ3v) is 5.31. The SMILES string of the molecule is COc1ccc(CCc2nc(NC(=O)C3CC(c4ccc(OC)cc4)NN3)n[nH]2)cc1. The fourth-order valence-corrected chi connectivity index (χ4v) is 3.50. The number of rotatable bonds is 8. The first-order valence-corrected chi connectivity index (χ1v) is 10.1. The molecule has 0 bridgehead atoms. The Labute approximate surface area is 180 Å². The van der Waals surface area contributed by atoms with E-state index in [1.54, 1.807) is 14.2 Å². The van der Waals surface area contributed by atoms with Crippen LogP contribution in [0.5, 0.6) is 11.5 Å². The molecule has 1 fully saturated rings. The number of hydrazine groups is 1. The molecular weight excluding hydrogens is 396 g/mol. The Bertz CT molecular complexity index is 1000. The van der Waals surface area contributed by atoms with Crippen molar-refractivity contribution in [1.82, 2.24) is 26.0 Å². The summed E-state index contributed by atoms with van der Waals surface area (Å²) < 4.78 is 10.4. The van der Waals surface area contributed by atoms with Crippen molar-refractivity contribution in [2.75, 3.05) is 19.5 Å². The Morgan fingerprint density at radius 1 is 1.00 bits per heavy atom. The van der Waals surface area contributed by atoms with Gasteiger partial charge in [-0.2, -0.15) is 4.98 Å². The van der Waals surface area contributed by atoms with Gasteiger partial charge in [0.25, 0.3) is 0 Å². The summed E-state index contributed by atoms with van der Waals surface area (Å²) >= 11 is 0. The molecule has 31 heavy (non-hydrogen) atoms. The van der Waals surface area contributed by atoms with Gasteiger partial charge in [0, 0.05) is 12.5 Å². The van der Waals surface area contributed by atoms with Crippen molar-refractivity contribution in [2.45, 2.75) is 31.3 Å². The molecule has 2 unspecified atom stereocenters. The van der Waals surface area contributed by atoms with Crippen molar-refractivity contribution in [3.05, 3.63) is 65.5 Å². The van der Waals surface area contributed by atoms with Crippen LogP contribution in [0, 0.1) is 0 Å². The van der Waals surface area contributed by atoms with Gasteiger partial charge < -0.3 is 9.47 Å². The van der Waals surface area contributed by atoms with Crippen LogP contribution in [0.2, 0.25) is 0 Å². The fourth-order valence-electron chi connectivity index (χ4n) is 3.50. The Kier molecular flexibility index (Phi) is 6.44. The summed E-state index contributed by atoms with van der Waals surface area (Å²) in [5.74, 6) is 2.46. The molecule has 162 valence electrons. The third-order valence-electron chi connectivity index (χ3n) is 5.31. The van der Waals surface area contributed by atoms with Crippen LogP contribution >= 0.6 is 0 Å².